The Hall–Kier alpha value is -1.49. The molecular weight excluding hydrogens is 218 g/mol. The van der Waals surface area contributed by atoms with E-state index in [1.54, 1.807) is 6.20 Å². The van der Waals surface area contributed by atoms with E-state index in [4.69, 9.17) is 4.74 Å². The maximum atomic E-state index is 11.6. The summed E-state index contributed by atoms with van der Waals surface area (Å²) in [5, 5.41) is 2.77. The molecule has 1 aromatic rings. The smallest absolute Gasteiger partial charge is 0.271 e. The number of amides is 1. The van der Waals surface area contributed by atoms with E-state index in [0.717, 1.165) is 12.1 Å². The molecule has 0 atom stereocenters. The topological polar surface area (TPSA) is 64.1 Å². The van der Waals surface area contributed by atoms with Crippen molar-refractivity contribution in [1.82, 2.24) is 15.3 Å². The molecule has 0 radical (unpaired) electrons. The van der Waals surface area contributed by atoms with Gasteiger partial charge in [0.2, 0.25) is 0 Å². The van der Waals surface area contributed by atoms with Gasteiger partial charge >= 0.3 is 0 Å². The minimum absolute atomic E-state index is 0.193. The van der Waals surface area contributed by atoms with Crippen molar-refractivity contribution in [3.05, 3.63) is 23.8 Å². The molecule has 1 aromatic heterocycles. The van der Waals surface area contributed by atoms with Gasteiger partial charge in [0.15, 0.2) is 0 Å². The van der Waals surface area contributed by atoms with E-state index >= 15 is 0 Å². The maximum absolute atomic E-state index is 11.6. The number of nitrogens with one attached hydrogen (secondary N) is 1. The molecule has 1 amide bonds. The molecule has 0 aliphatic carbocycles. The van der Waals surface area contributed by atoms with Gasteiger partial charge < -0.3 is 10.1 Å². The largest absolute Gasteiger partial charge is 0.379 e. The van der Waals surface area contributed by atoms with Crippen LogP contribution in [0.4, 0.5) is 0 Å². The summed E-state index contributed by atoms with van der Waals surface area (Å²) < 4.78 is 5.37. The normalized spacial score (nSPS) is 10.6. The number of rotatable bonds is 6. The summed E-state index contributed by atoms with van der Waals surface area (Å²) in [6, 6.07) is 0. The summed E-state index contributed by atoms with van der Waals surface area (Å²) >= 11 is 0. The minimum Gasteiger partial charge on any atom is -0.379 e. The van der Waals surface area contributed by atoms with Crippen LogP contribution in [0.15, 0.2) is 12.4 Å². The predicted molar refractivity (Wildman–Crippen MR) is 64.8 cm³/mol. The summed E-state index contributed by atoms with van der Waals surface area (Å²) in [6.45, 7) is 7.04. The molecule has 0 aromatic carbocycles. The first kappa shape index (κ1) is 13.6. The van der Waals surface area contributed by atoms with E-state index in [1.807, 2.05) is 20.8 Å². The number of aryl methyl sites for hydroxylation is 1. The second kappa shape index (κ2) is 6.96. The molecule has 94 valence electrons. The average molecular weight is 237 g/mol. The van der Waals surface area contributed by atoms with Crippen molar-refractivity contribution in [1.29, 1.82) is 0 Å². The van der Waals surface area contributed by atoms with Crippen LogP contribution in [-0.4, -0.2) is 35.1 Å². The van der Waals surface area contributed by atoms with Crippen molar-refractivity contribution in [2.24, 2.45) is 0 Å². The lowest BCUT2D eigenvalue weighted by atomic mass is 10.3. The zero-order valence-corrected chi connectivity index (χ0v) is 10.6. The second-order valence-corrected chi connectivity index (χ2v) is 4.07. The van der Waals surface area contributed by atoms with Gasteiger partial charge in [0, 0.05) is 19.3 Å². The van der Waals surface area contributed by atoms with E-state index in [9.17, 15) is 4.79 Å². The zero-order chi connectivity index (χ0) is 12.7. The van der Waals surface area contributed by atoms with E-state index in [0.29, 0.717) is 18.8 Å². The van der Waals surface area contributed by atoms with Crippen LogP contribution in [0, 0.1) is 6.92 Å². The Morgan fingerprint density at radius 2 is 2.18 bits per heavy atom. The first-order valence-corrected chi connectivity index (χ1v) is 5.78. The van der Waals surface area contributed by atoms with Crippen LogP contribution in [0.3, 0.4) is 0 Å². The lowest BCUT2D eigenvalue weighted by Gasteiger charge is -2.07. The SMILES string of the molecule is Cc1cnc(C(=O)NCCCOC(C)C)cn1. The Bertz CT molecular complexity index is 349. The first-order valence-electron chi connectivity index (χ1n) is 5.78. The Kier molecular flexibility index (Phi) is 5.56. The number of carbonyl (C=O) groups excluding carboxylic acids is 1. The van der Waals surface area contributed by atoms with Gasteiger partial charge in [0.1, 0.15) is 5.69 Å². The molecular formula is C12H19N3O2. The summed E-state index contributed by atoms with van der Waals surface area (Å²) in [7, 11) is 0. The predicted octanol–water partition coefficient (Wildman–Crippen LogP) is 1.33. The van der Waals surface area contributed by atoms with Crippen LogP contribution in [0.1, 0.15) is 36.5 Å². The van der Waals surface area contributed by atoms with Gasteiger partial charge in [-0.15, -0.1) is 0 Å². The Balaban J connectivity index is 2.23. The van der Waals surface area contributed by atoms with E-state index in [-0.39, 0.29) is 12.0 Å². The van der Waals surface area contributed by atoms with Crippen molar-refractivity contribution < 1.29 is 9.53 Å². The van der Waals surface area contributed by atoms with Crippen molar-refractivity contribution in [2.75, 3.05) is 13.2 Å². The highest BCUT2D eigenvalue weighted by molar-refractivity contribution is 5.91. The monoisotopic (exact) mass is 237 g/mol. The average Bonchev–Trinajstić information content (AvgIpc) is 2.29. The molecule has 0 bridgehead atoms. The molecule has 0 aliphatic rings. The molecule has 5 heteroatoms. The first-order chi connectivity index (χ1) is 8.09. The van der Waals surface area contributed by atoms with Gasteiger partial charge in [-0.2, -0.15) is 0 Å². The van der Waals surface area contributed by atoms with Crippen molar-refractivity contribution in [3.63, 3.8) is 0 Å². The Morgan fingerprint density at radius 3 is 2.76 bits per heavy atom. The number of ether oxygens (including phenoxy) is 1. The van der Waals surface area contributed by atoms with E-state index in [2.05, 4.69) is 15.3 Å². The number of hydrogen-bond acceptors (Lipinski definition) is 4. The van der Waals surface area contributed by atoms with Crippen LogP contribution < -0.4 is 5.32 Å². The molecule has 1 N–H and O–H groups in total. The molecule has 0 saturated heterocycles. The van der Waals surface area contributed by atoms with E-state index < -0.39 is 0 Å². The molecule has 0 unspecified atom stereocenters. The van der Waals surface area contributed by atoms with Gasteiger partial charge in [-0.1, -0.05) is 0 Å². The molecule has 17 heavy (non-hydrogen) atoms. The lowest BCUT2D eigenvalue weighted by molar-refractivity contribution is 0.0756. The highest BCUT2D eigenvalue weighted by Crippen LogP contribution is 1.94. The van der Waals surface area contributed by atoms with Gasteiger partial charge in [-0.05, 0) is 27.2 Å². The molecule has 1 heterocycles. The van der Waals surface area contributed by atoms with Crippen LogP contribution in [0.25, 0.3) is 0 Å². The number of nitrogens with zero attached hydrogens (tertiary/aromatic N) is 2. The Labute approximate surface area is 102 Å². The number of hydrogen-bond donors (Lipinski definition) is 1. The summed E-state index contributed by atoms with van der Waals surface area (Å²) in [4.78, 5) is 19.6. The number of carbonyl (C=O) groups is 1. The van der Waals surface area contributed by atoms with Crippen molar-refractivity contribution >= 4 is 5.91 Å². The quantitative estimate of drug-likeness (QED) is 0.758. The zero-order valence-electron chi connectivity index (χ0n) is 10.6. The lowest BCUT2D eigenvalue weighted by Crippen LogP contribution is -2.26. The fourth-order valence-corrected chi connectivity index (χ4v) is 1.19. The maximum Gasteiger partial charge on any atom is 0.271 e. The van der Waals surface area contributed by atoms with Crippen LogP contribution >= 0.6 is 0 Å². The van der Waals surface area contributed by atoms with Gasteiger partial charge in [-0.25, -0.2) is 4.98 Å². The van der Waals surface area contributed by atoms with Gasteiger partial charge in [0.25, 0.3) is 5.91 Å². The van der Waals surface area contributed by atoms with Gasteiger partial charge in [-0.3, -0.25) is 9.78 Å². The summed E-state index contributed by atoms with van der Waals surface area (Å²) in [5.74, 6) is -0.193. The summed E-state index contributed by atoms with van der Waals surface area (Å²) in [6.07, 6.45) is 4.09. The fraction of sp³-hybridized carbons (Fsp3) is 0.583. The highest BCUT2D eigenvalue weighted by Gasteiger charge is 2.06. The molecule has 0 fully saturated rings. The molecule has 5 nitrogen and oxygen atoms in total. The standard InChI is InChI=1S/C12H19N3O2/c1-9(2)17-6-4-5-13-12(16)11-8-14-10(3)7-15-11/h7-9H,4-6H2,1-3H3,(H,13,16). The minimum atomic E-state index is -0.193. The van der Waals surface area contributed by atoms with Crippen molar-refractivity contribution in [2.45, 2.75) is 33.3 Å². The highest BCUT2D eigenvalue weighted by atomic mass is 16.5. The third kappa shape index (κ3) is 5.40. The van der Waals surface area contributed by atoms with Crippen LogP contribution in [-0.2, 0) is 4.74 Å². The Morgan fingerprint density at radius 1 is 1.41 bits per heavy atom. The molecule has 0 spiro atoms. The van der Waals surface area contributed by atoms with Crippen molar-refractivity contribution in [3.8, 4) is 0 Å². The summed E-state index contributed by atoms with van der Waals surface area (Å²) in [5.41, 5.74) is 1.15. The molecule has 0 aliphatic heterocycles. The third-order valence-electron chi connectivity index (χ3n) is 2.07. The van der Waals surface area contributed by atoms with Crippen LogP contribution in [0.2, 0.25) is 0 Å². The number of aromatic nitrogens is 2. The third-order valence-corrected chi connectivity index (χ3v) is 2.07. The second-order valence-electron chi connectivity index (χ2n) is 4.07. The van der Waals surface area contributed by atoms with Gasteiger partial charge in [0.05, 0.1) is 18.0 Å². The molecule has 0 saturated carbocycles. The fourth-order valence-electron chi connectivity index (χ4n) is 1.19. The van der Waals surface area contributed by atoms with Crippen LogP contribution in [0.5, 0.6) is 0 Å². The van der Waals surface area contributed by atoms with E-state index in [1.165, 1.54) is 6.20 Å². The molecule has 1 rings (SSSR count).